The lowest BCUT2D eigenvalue weighted by atomic mass is 10.1. The fourth-order valence-electron chi connectivity index (χ4n) is 3.26. The van der Waals surface area contributed by atoms with Gasteiger partial charge in [-0.1, -0.05) is 18.2 Å². The van der Waals surface area contributed by atoms with E-state index in [4.69, 9.17) is 4.74 Å². The second kappa shape index (κ2) is 9.21. The van der Waals surface area contributed by atoms with Gasteiger partial charge in [-0.3, -0.25) is 9.69 Å². The van der Waals surface area contributed by atoms with Crippen LogP contribution in [0.2, 0.25) is 0 Å². The molecule has 1 aromatic carbocycles. The smallest absolute Gasteiger partial charge is 0.409 e. The molecular formula is C21H27N3O3S. The van der Waals surface area contributed by atoms with Crippen LogP contribution in [-0.2, 0) is 11.3 Å². The van der Waals surface area contributed by atoms with Crippen LogP contribution < -0.4 is 5.32 Å². The number of benzene rings is 1. The summed E-state index contributed by atoms with van der Waals surface area (Å²) in [7, 11) is 0. The summed E-state index contributed by atoms with van der Waals surface area (Å²) in [6.45, 7) is 10.1. The van der Waals surface area contributed by atoms with E-state index >= 15 is 0 Å². The van der Waals surface area contributed by atoms with Crippen LogP contribution in [0.25, 0.3) is 0 Å². The Morgan fingerprint density at radius 1 is 1.11 bits per heavy atom. The fourth-order valence-corrected chi connectivity index (χ4v) is 4.32. The first-order valence-electron chi connectivity index (χ1n) is 9.59. The molecule has 3 rings (SSSR count). The Bertz CT molecular complexity index is 827. The Labute approximate surface area is 170 Å². The Morgan fingerprint density at radius 3 is 2.43 bits per heavy atom. The summed E-state index contributed by atoms with van der Waals surface area (Å²) in [4.78, 5) is 29.7. The topological polar surface area (TPSA) is 61.9 Å². The molecular weight excluding hydrogens is 374 g/mol. The SMILES string of the molecule is CCOC(=O)N1CCN(Cc2c(NC(=O)c3ccccc3)sc(C)c2C)CC1. The molecule has 0 aliphatic carbocycles. The first-order valence-corrected chi connectivity index (χ1v) is 10.4. The average molecular weight is 402 g/mol. The first kappa shape index (κ1) is 20.4. The molecule has 1 saturated heterocycles. The van der Waals surface area contributed by atoms with Crippen molar-refractivity contribution in [3.05, 3.63) is 51.9 Å². The maximum atomic E-state index is 12.6. The van der Waals surface area contributed by atoms with Gasteiger partial charge >= 0.3 is 6.09 Å². The van der Waals surface area contributed by atoms with E-state index in [-0.39, 0.29) is 12.0 Å². The number of hydrogen-bond donors (Lipinski definition) is 1. The highest BCUT2D eigenvalue weighted by Gasteiger charge is 2.24. The van der Waals surface area contributed by atoms with Gasteiger partial charge in [-0.2, -0.15) is 0 Å². The van der Waals surface area contributed by atoms with Crippen LogP contribution in [-0.4, -0.2) is 54.6 Å². The highest BCUT2D eigenvalue weighted by Crippen LogP contribution is 2.34. The molecule has 0 bridgehead atoms. The number of anilines is 1. The van der Waals surface area contributed by atoms with Gasteiger partial charge in [0.2, 0.25) is 0 Å². The van der Waals surface area contributed by atoms with Crippen molar-refractivity contribution in [2.75, 3.05) is 38.1 Å². The van der Waals surface area contributed by atoms with Gasteiger partial charge in [0, 0.05) is 48.7 Å². The number of amides is 2. The summed E-state index contributed by atoms with van der Waals surface area (Å²) in [5.74, 6) is -0.0877. The molecule has 1 aliphatic rings. The molecule has 2 amide bonds. The number of aryl methyl sites for hydroxylation is 1. The van der Waals surface area contributed by atoms with Crippen molar-refractivity contribution in [1.82, 2.24) is 9.80 Å². The summed E-state index contributed by atoms with van der Waals surface area (Å²) in [5, 5.41) is 4.00. The van der Waals surface area contributed by atoms with Gasteiger partial charge in [-0.25, -0.2) is 4.79 Å². The van der Waals surface area contributed by atoms with Crippen molar-refractivity contribution in [2.24, 2.45) is 0 Å². The van der Waals surface area contributed by atoms with Crippen LogP contribution in [0.3, 0.4) is 0 Å². The van der Waals surface area contributed by atoms with Crippen LogP contribution in [0.15, 0.2) is 30.3 Å². The number of ether oxygens (including phenoxy) is 1. The van der Waals surface area contributed by atoms with Crippen molar-refractivity contribution < 1.29 is 14.3 Å². The highest BCUT2D eigenvalue weighted by molar-refractivity contribution is 7.16. The van der Waals surface area contributed by atoms with E-state index in [1.165, 1.54) is 10.4 Å². The average Bonchev–Trinajstić information content (AvgIpc) is 2.97. The van der Waals surface area contributed by atoms with Crippen LogP contribution in [0.4, 0.5) is 9.80 Å². The van der Waals surface area contributed by atoms with Gasteiger partial charge < -0.3 is 15.0 Å². The zero-order valence-electron chi connectivity index (χ0n) is 16.7. The van der Waals surface area contributed by atoms with Crippen molar-refractivity contribution in [3.63, 3.8) is 0 Å². The third kappa shape index (κ3) is 4.72. The van der Waals surface area contributed by atoms with Crippen molar-refractivity contribution >= 4 is 28.3 Å². The van der Waals surface area contributed by atoms with Crippen LogP contribution in [0.5, 0.6) is 0 Å². The molecule has 150 valence electrons. The minimum atomic E-state index is -0.236. The van der Waals surface area contributed by atoms with Crippen LogP contribution >= 0.6 is 11.3 Å². The van der Waals surface area contributed by atoms with Gasteiger partial charge in [-0.15, -0.1) is 11.3 Å². The Hall–Kier alpha value is -2.38. The lowest BCUT2D eigenvalue weighted by Gasteiger charge is -2.34. The quantitative estimate of drug-likeness (QED) is 0.826. The standard InChI is InChI=1S/C21H27N3O3S/c1-4-27-21(26)24-12-10-23(11-13-24)14-18-15(2)16(3)28-20(18)22-19(25)17-8-6-5-7-9-17/h5-9H,4,10-14H2,1-3H3,(H,22,25). The number of nitrogens with zero attached hydrogens (tertiary/aromatic N) is 2. The molecule has 0 atom stereocenters. The van der Waals surface area contributed by atoms with E-state index in [0.717, 1.165) is 30.2 Å². The number of thiophene rings is 1. The maximum absolute atomic E-state index is 12.6. The van der Waals surface area contributed by atoms with Crippen LogP contribution in [0, 0.1) is 13.8 Å². The van der Waals surface area contributed by atoms with E-state index in [0.29, 0.717) is 25.3 Å². The van der Waals surface area contributed by atoms with Gasteiger partial charge in [0.15, 0.2) is 0 Å². The monoisotopic (exact) mass is 401 g/mol. The summed E-state index contributed by atoms with van der Waals surface area (Å²) < 4.78 is 5.08. The second-order valence-corrected chi connectivity index (χ2v) is 8.10. The lowest BCUT2D eigenvalue weighted by Crippen LogP contribution is -2.48. The molecule has 0 saturated carbocycles. The molecule has 1 N–H and O–H groups in total. The summed E-state index contributed by atoms with van der Waals surface area (Å²) in [6.07, 6.45) is -0.236. The maximum Gasteiger partial charge on any atom is 0.409 e. The minimum Gasteiger partial charge on any atom is -0.450 e. The lowest BCUT2D eigenvalue weighted by molar-refractivity contribution is 0.0778. The number of rotatable bonds is 5. The van der Waals surface area contributed by atoms with E-state index in [1.54, 1.807) is 16.2 Å². The predicted octanol–water partition coefficient (Wildman–Crippen LogP) is 3.89. The summed E-state index contributed by atoms with van der Waals surface area (Å²) >= 11 is 1.62. The largest absolute Gasteiger partial charge is 0.450 e. The first-order chi connectivity index (χ1) is 13.5. The fraction of sp³-hybridized carbons (Fsp3) is 0.429. The van der Waals surface area contributed by atoms with E-state index in [2.05, 4.69) is 24.1 Å². The number of carbonyl (C=O) groups is 2. The number of hydrogen-bond acceptors (Lipinski definition) is 5. The minimum absolute atomic E-state index is 0.0877. The van der Waals surface area contributed by atoms with Gasteiger partial charge in [0.1, 0.15) is 5.00 Å². The normalized spacial score (nSPS) is 14.8. The van der Waals surface area contributed by atoms with E-state index < -0.39 is 0 Å². The molecule has 0 unspecified atom stereocenters. The third-order valence-corrected chi connectivity index (χ3v) is 6.22. The number of nitrogens with one attached hydrogen (secondary N) is 1. The third-order valence-electron chi connectivity index (χ3n) is 5.05. The molecule has 28 heavy (non-hydrogen) atoms. The van der Waals surface area contributed by atoms with Gasteiger partial charge in [-0.05, 0) is 38.5 Å². The molecule has 1 fully saturated rings. The number of carbonyl (C=O) groups excluding carboxylic acids is 2. The number of piperazine rings is 1. The second-order valence-electron chi connectivity index (χ2n) is 6.87. The van der Waals surface area contributed by atoms with Crippen LogP contribution in [0.1, 0.15) is 33.3 Å². The van der Waals surface area contributed by atoms with Gasteiger partial charge in [0.05, 0.1) is 6.61 Å². The zero-order chi connectivity index (χ0) is 20.1. The van der Waals surface area contributed by atoms with E-state index in [9.17, 15) is 9.59 Å². The zero-order valence-corrected chi connectivity index (χ0v) is 17.5. The van der Waals surface area contributed by atoms with Crippen molar-refractivity contribution in [1.29, 1.82) is 0 Å². The highest BCUT2D eigenvalue weighted by atomic mass is 32.1. The van der Waals surface area contributed by atoms with Crippen molar-refractivity contribution in [2.45, 2.75) is 27.3 Å². The Morgan fingerprint density at radius 2 is 1.79 bits per heavy atom. The molecule has 2 heterocycles. The van der Waals surface area contributed by atoms with E-state index in [1.807, 2.05) is 37.3 Å². The molecule has 0 spiro atoms. The molecule has 1 aromatic heterocycles. The van der Waals surface area contributed by atoms with Gasteiger partial charge in [0.25, 0.3) is 5.91 Å². The Balaban J connectivity index is 1.66. The molecule has 0 radical (unpaired) electrons. The molecule has 7 heteroatoms. The predicted molar refractivity (Wildman–Crippen MR) is 112 cm³/mol. The van der Waals surface area contributed by atoms with Crippen molar-refractivity contribution in [3.8, 4) is 0 Å². The molecule has 2 aromatic rings. The molecule has 1 aliphatic heterocycles. The summed E-state index contributed by atoms with van der Waals surface area (Å²) in [6, 6.07) is 9.26. The summed E-state index contributed by atoms with van der Waals surface area (Å²) in [5.41, 5.74) is 3.04. The Kier molecular flexibility index (Phi) is 6.70. The molecule has 6 nitrogen and oxygen atoms in total.